The molecular weight excluding hydrogens is 282 g/mol. The van der Waals surface area contributed by atoms with E-state index in [1.165, 1.54) is 11.3 Å². The van der Waals surface area contributed by atoms with E-state index in [9.17, 15) is 4.79 Å². The first-order valence-corrected chi connectivity index (χ1v) is 6.53. The van der Waals surface area contributed by atoms with Crippen LogP contribution in [0, 0.1) is 5.92 Å². The third-order valence-electron chi connectivity index (χ3n) is 3.51. The largest absolute Gasteiger partial charge is 0.481 e. The molecular formula is C13H16BrNO2. The maximum Gasteiger partial charge on any atom is 0.306 e. The Balaban J connectivity index is 2.17. The molecule has 4 heteroatoms. The number of carbonyl (C=O) groups is 1. The highest BCUT2D eigenvalue weighted by Gasteiger charge is 2.30. The van der Waals surface area contributed by atoms with Crippen LogP contribution in [0.3, 0.4) is 0 Å². The molecule has 0 amide bonds. The van der Waals surface area contributed by atoms with Gasteiger partial charge < -0.3 is 10.0 Å². The van der Waals surface area contributed by atoms with Gasteiger partial charge in [-0.1, -0.05) is 28.9 Å². The van der Waals surface area contributed by atoms with Gasteiger partial charge in [-0.3, -0.25) is 4.79 Å². The minimum Gasteiger partial charge on any atom is -0.481 e. The third kappa shape index (κ3) is 2.32. The van der Waals surface area contributed by atoms with Gasteiger partial charge in [0.2, 0.25) is 0 Å². The Morgan fingerprint density at radius 1 is 1.65 bits per heavy atom. The van der Waals surface area contributed by atoms with Gasteiger partial charge in [0, 0.05) is 23.2 Å². The summed E-state index contributed by atoms with van der Waals surface area (Å²) in [6.45, 7) is 1.77. The van der Waals surface area contributed by atoms with Crippen molar-refractivity contribution in [3.8, 4) is 0 Å². The van der Waals surface area contributed by atoms with Crippen LogP contribution < -0.4 is 4.90 Å². The van der Waals surface area contributed by atoms with Crippen molar-refractivity contribution in [2.24, 2.45) is 5.92 Å². The number of halogens is 1. The molecule has 17 heavy (non-hydrogen) atoms. The second-order valence-corrected chi connectivity index (χ2v) is 5.54. The maximum absolute atomic E-state index is 10.9. The van der Waals surface area contributed by atoms with E-state index in [1.54, 1.807) is 6.92 Å². The van der Waals surface area contributed by atoms with Crippen LogP contribution in [-0.2, 0) is 11.2 Å². The normalized spacial score (nSPS) is 20.2. The smallest absolute Gasteiger partial charge is 0.306 e. The lowest BCUT2D eigenvalue weighted by Gasteiger charge is -2.24. The van der Waals surface area contributed by atoms with E-state index in [-0.39, 0.29) is 12.0 Å². The summed E-state index contributed by atoms with van der Waals surface area (Å²) in [6.07, 6.45) is 1.61. The van der Waals surface area contributed by atoms with Crippen LogP contribution in [0.5, 0.6) is 0 Å². The van der Waals surface area contributed by atoms with E-state index in [0.29, 0.717) is 6.42 Å². The summed E-state index contributed by atoms with van der Waals surface area (Å²) in [7, 11) is 2.04. The minimum absolute atomic E-state index is 0.287. The van der Waals surface area contributed by atoms with E-state index in [0.717, 1.165) is 10.9 Å². The van der Waals surface area contributed by atoms with E-state index in [1.807, 2.05) is 19.2 Å². The molecule has 2 atom stereocenters. The Morgan fingerprint density at radius 3 is 2.94 bits per heavy atom. The number of rotatable bonds is 3. The summed E-state index contributed by atoms with van der Waals surface area (Å²) in [5.41, 5.74) is 2.50. The molecule has 1 aromatic carbocycles. The Kier molecular flexibility index (Phi) is 3.43. The van der Waals surface area contributed by atoms with Crippen LogP contribution in [0.4, 0.5) is 5.69 Å². The van der Waals surface area contributed by atoms with Gasteiger partial charge in [-0.2, -0.15) is 0 Å². The maximum atomic E-state index is 10.9. The molecule has 1 aromatic rings. The minimum atomic E-state index is -0.714. The average molecular weight is 298 g/mol. The van der Waals surface area contributed by atoms with Gasteiger partial charge >= 0.3 is 5.97 Å². The van der Waals surface area contributed by atoms with E-state index in [4.69, 9.17) is 5.11 Å². The quantitative estimate of drug-likeness (QED) is 0.932. The van der Waals surface area contributed by atoms with E-state index < -0.39 is 5.97 Å². The molecule has 2 unspecified atom stereocenters. The van der Waals surface area contributed by atoms with Crippen LogP contribution in [-0.4, -0.2) is 24.2 Å². The fourth-order valence-corrected chi connectivity index (χ4v) is 2.92. The summed E-state index contributed by atoms with van der Waals surface area (Å²) in [4.78, 5) is 13.1. The SMILES string of the molecule is CC(CC1Cc2c(Br)cccc2N1C)C(=O)O. The summed E-state index contributed by atoms with van der Waals surface area (Å²) < 4.78 is 1.12. The lowest BCUT2D eigenvalue weighted by atomic mass is 9.99. The molecule has 0 spiro atoms. The van der Waals surface area contributed by atoms with Crippen molar-refractivity contribution >= 4 is 27.6 Å². The molecule has 1 N–H and O–H groups in total. The molecule has 0 aromatic heterocycles. The topological polar surface area (TPSA) is 40.5 Å². The van der Waals surface area contributed by atoms with Crippen molar-refractivity contribution in [3.63, 3.8) is 0 Å². The average Bonchev–Trinajstić information content (AvgIpc) is 2.58. The number of anilines is 1. The third-order valence-corrected chi connectivity index (χ3v) is 4.25. The number of carboxylic acid groups (broad SMARTS) is 1. The lowest BCUT2D eigenvalue weighted by Crippen LogP contribution is -2.31. The summed E-state index contributed by atoms with van der Waals surface area (Å²) in [5.74, 6) is -1.01. The highest BCUT2D eigenvalue weighted by molar-refractivity contribution is 9.10. The van der Waals surface area contributed by atoms with E-state index in [2.05, 4.69) is 26.9 Å². The zero-order valence-electron chi connectivity index (χ0n) is 9.98. The van der Waals surface area contributed by atoms with Gasteiger partial charge in [0.05, 0.1) is 5.92 Å². The van der Waals surface area contributed by atoms with Crippen LogP contribution in [0.15, 0.2) is 22.7 Å². The predicted molar refractivity (Wildman–Crippen MR) is 71.5 cm³/mol. The van der Waals surface area contributed by atoms with Gasteiger partial charge in [0.15, 0.2) is 0 Å². The van der Waals surface area contributed by atoms with Gasteiger partial charge in [-0.05, 0) is 30.5 Å². The van der Waals surface area contributed by atoms with Crippen LogP contribution >= 0.6 is 15.9 Å². The molecule has 1 aliphatic heterocycles. The Hall–Kier alpha value is -1.03. The van der Waals surface area contributed by atoms with Crippen LogP contribution in [0.25, 0.3) is 0 Å². The van der Waals surface area contributed by atoms with Crippen molar-refractivity contribution in [1.29, 1.82) is 0 Å². The molecule has 0 radical (unpaired) electrons. The summed E-state index contributed by atoms with van der Waals surface area (Å²) >= 11 is 3.55. The Bertz CT molecular complexity index is 447. The van der Waals surface area contributed by atoms with Crippen LogP contribution in [0.1, 0.15) is 18.9 Å². The molecule has 2 rings (SSSR count). The van der Waals surface area contributed by atoms with Gasteiger partial charge in [-0.25, -0.2) is 0 Å². The molecule has 1 heterocycles. The fraction of sp³-hybridized carbons (Fsp3) is 0.462. The lowest BCUT2D eigenvalue weighted by molar-refractivity contribution is -0.141. The second-order valence-electron chi connectivity index (χ2n) is 4.68. The number of fused-ring (bicyclic) bond motifs is 1. The summed E-state index contributed by atoms with van der Waals surface area (Å²) in [6, 6.07) is 6.43. The first-order valence-electron chi connectivity index (χ1n) is 5.73. The number of likely N-dealkylation sites (N-methyl/N-ethyl adjacent to an activating group) is 1. The first kappa shape index (κ1) is 12.4. The number of benzene rings is 1. The molecule has 0 bridgehead atoms. The van der Waals surface area contributed by atoms with Crippen molar-refractivity contribution in [2.75, 3.05) is 11.9 Å². The molecule has 0 fully saturated rings. The van der Waals surface area contributed by atoms with Gasteiger partial charge in [0.25, 0.3) is 0 Å². The highest BCUT2D eigenvalue weighted by Crippen LogP contribution is 2.37. The predicted octanol–water partition coefficient (Wildman–Crippen LogP) is 2.92. The molecule has 1 aliphatic rings. The number of hydrogen-bond acceptors (Lipinski definition) is 2. The standard InChI is InChI=1S/C13H16BrNO2/c1-8(13(16)17)6-9-7-10-11(14)4-3-5-12(10)15(9)2/h3-5,8-9H,6-7H2,1-2H3,(H,16,17). The zero-order chi connectivity index (χ0) is 12.6. The van der Waals surface area contributed by atoms with Crippen molar-refractivity contribution in [1.82, 2.24) is 0 Å². The molecule has 0 saturated heterocycles. The Morgan fingerprint density at radius 2 is 2.35 bits per heavy atom. The summed E-state index contributed by atoms with van der Waals surface area (Å²) in [5, 5.41) is 8.97. The molecule has 3 nitrogen and oxygen atoms in total. The monoisotopic (exact) mass is 297 g/mol. The van der Waals surface area contributed by atoms with E-state index >= 15 is 0 Å². The van der Waals surface area contributed by atoms with Gasteiger partial charge in [0.1, 0.15) is 0 Å². The zero-order valence-corrected chi connectivity index (χ0v) is 11.6. The first-order chi connectivity index (χ1) is 8.00. The Labute approximate surface area is 110 Å². The molecule has 0 saturated carbocycles. The van der Waals surface area contributed by atoms with Crippen molar-refractivity contribution in [2.45, 2.75) is 25.8 Å². The second kappa shape index (κ2) is 4.69. The number of aliphatic carboxylic acids is 1. The molecule has 92 valence electrons. The van der Waals surface area contributed by atoms with Crippen LogP contribution in [0.2, 0.25) is 0 Å². The molecule has 0 aliphatic carbocycles. The van der Waals surface area contributed by atoms with Crippen molar-refractivity contribution < 1.29 is 9.90 Å². The fourth-order valence-electron chi connectivity index (χ4n) is 2.40. The number of nitrogens with zero attached hydrogens (tertiary/aromatic N) is 1. The van der Waals surface area contributed by atoms with Crippen molar-refractivity contribution in [3.05, 3.63) is 28.2 Å². The highest BCUT2D eigenvalue weighted by atomic mass is 79.9. The number of hydrogen-bond donors (Lipinski definition) is 1. The van der Waals surface area contributed by atoms with Gasteiger partial charge in [-0.15, -0.1) is 0 Å². The number of carboxylic acids is 1.